The van der Waals surface area contributed by atoms with Crippen molar-refractivity contribution in [1.82, 2.24) is 15.7 Å². The van der Waals surface area contributed by atoms with Gasteiger partial charge in [-0.2, -0.15) is 0 Å². The van der Waals surface area contributed by atoms with Crippen LogP contribution < -0.4 is 39.3 Å². The van der Waals surface area contributed by atoms with Gasteiger partial charge in [-0.1, -0.05) is 0 Å². The minimum Gasteiger partial charge on any atom is -0.394 e. The Kier molecular flexibility index (Phi) is 14.1. The minimum absolute atomic E-state index is 0.0304. The summed E-state index contributed by atoms with van der Waals surface area (Å²) in [6.07, 6.45) is -11.7. The van der Waals surface area contributed by atoms with Crippen molar-refractivity contribution in [3.8, 4) is 0 Å². The second-order valence-corrected chi connectivity index (χ2v) is 11.2. The molecule has 43 heavy (non-hydrogen) atoms. The molecule has 0 bridgehead atoms. The highest BCUT2D eigenvalue weighted by molar-refractivity contribution is 5.73. The molecule has 2 aliphatic heterocycles. The van der Waals surface area contributed by atoms with Gasteiger partial charge < -0.3 is 83.8 Å². The maximum atomic E-state index is 12.6. The van der Waals surface area contributed by atoms with Crippen LogP contribution in [0.25, 0.3) is 0 Å². The van der Waals surface area contributed by atoms with Crippen LogP contribution in [0.4, 0.5) is 4.79 Å². The standard InChI is InChI=1S/C24H50N8O11/c25-2-1-4-30-8-14-13(34)7-11(28)22(40-14)42-20-10(27)6-12(31-24(38)32(39)5-3-26)21(19(20)37)43-23-18(36)16(29)17(35)15(9-33)41-23/h10-23,30,33-37,39H,1-9,25-29H2,(H,31,38)/t10-,11+,12+,13-,14+,15+,16-,17+,18+,19-,20?,21-,22+,23+/m0/s1. The summed E-state index contributed by atoms with van der Waals surface area (Å²) in [5, 5.41) is 68.5. The third kappa shape index (κ3) is 9.10. The Morgan fingerprint density at radius 1 is 0.884 bits per heavy atom. The van der Waals surface area contributed by atoms with Gasteiger partial charge in [-0.05, 0) is 32.4 Å². The van der Waals surface area contributed by atoms with Crippen molar-refractivity contribution in [2.45, 2.75) is 105 Å². The number of hydroxylamine groups is 2. The van der Waals surface area contributed by atoms with Crippen molar-refractivity contribution in [3.05, 3.63) is 0 Å². The van der Waals surface area contributed by atoms with Gasteiger partial charge in [0.2, 0.25) is 0 Å². The molecule has 0 spiro atoms. The molecule has 14 atom stereocenters. The molecule has 1 saturated carbocycles. The lowest BCUT2D eigenvalue weighted by Gasteiger charge is -2.48. The number of aliphatic hydroxyl groups is 5. The summed E-state index contributed by atoms with van der Waals surface area (Å²) in [7, 11) is 0. The van der Waals surface area contributed by atoms with E-state index in [2.05, 4.69) is 10.6 Å². The van der Waals surface area contributed by atoms with Gasteiger partial charge in [-0.25, -0.2) is 9.86 Å². The average Bonchev–Trinajstić information content (AvgIpc) is 2.97. The van der Waals surface area contributed by atoms with Gasteiger partial charge in [-0.3, -0.25) is 5.21 Å². The highest BCUT2D eigenvalue weighted by Crippen LogP contribution is 2.31. The Bertz CT molecular complexity index is 853. The molecule has 0 aromatic rings. The van der Waals surface area contributed by atoms with Crippen molar-refractivity contribution < 1.29 is 54.5 Å². The number of nitrogens with zero attached hydrogens (tertiary/aromatic N) is 1. The van der Waals surface area contributed by atoms with E-state index in [1.165, 1.54) is 0 Å². The first-order valence-corrected chi connectivity index (χ1v) is 14.5. The quantitative estimate of drug-likeness (QED) is 0.0513. The van der Waals surface area contributed by atoms with Crippen LogP contribution in [-0.4, -0.2) is 167 Å². The third-order valence-corrected chi connectivity index (χ3v) is 7.93. The van der Waals surface area contributed by atoms with E-state index in [0.29, 0.717) is 24.7 Å². The number of hydrogen-bond donors (Lipinski definition) is 13. The molecule has 19 heteroatoms. The molecule has 2 saturated heterocycles. The van der Waals surface area contributed by atoms with E-state index in [1.54, 1.807) is 0 Å². The van der Waals surface area contributed by atoms with E-state index in [-0.39, 0.29) is 25.9 Å². The van der Waals surface area contributed by atoms with E-state index in [4.69, 9.17) is 47.6 Å². The summed E-state index contributed by atoms with van der Waals surface area (Å²) in [4.78, 5) is 12.6. The lowest BCUT2D eigenvalue weighted by molar-refractivity contribution is -0.315. The second kappa shape index (κ2) is 16.8. The fraction of sp³-hybridized carbons (Fsp3) is 0.958. The van der Waals surface area contributed by atoms with Gasteiger partial charge in [-0.15, -0.1) is 0 Å². The molecular weight excluding hydrogens is 576 g/mol. The molecule has 3 aliphatic rings. The van der Waals surface area contributed by atoms with E-state index in [9.17, 15) is 35.5 Å². The molecule has 3 rings (SSSR count). The molecule has 1 aliphatic carbocycles. The van der Waals surface area contributed by atoms with Gasteiger partial charge in [0.25, 0.3) is 0 Å². The number of aliphatic hydroxyl groups excluding tert-OH is 5. The molecule has 3 fully saturated rings. The van der Waals surface area contributed by atoms with Gasteiger partial charge >= 0.3 is 6.03 Å². The lowest BCUT2D eigenvalue weighted by Crippen LogP contribution is -2.69. The van der Waals surface area contributed by atoms with E-state index < -0.39 is 98.2 Å². The van der Waals surface area contributed by atoms with Crippen LogP contribution >= 0.6 is 0 Å². The highest BCUT2D eigenvalue weighted by Gasteiger charge is 2.51. The number of nitrogens with one attached hydrogen (secondary N) is 2. The maximum absolute atomic E-state index is 12.6. The molecule has 18 N–H and O–H groups in total. The summed E-state index contributed by atoms with van der Waals surface area (Å²) < 4.78 is 23.5. The number of ether oxygens (including phenoxy) is 4. The molecular formula is C24H50N8O11. The number of nitrogens with two attached hydrogens (primary N) is 5. The van der Waals surface area contributed by atoms with Crippen LogP contribution in [0.3, 0.4) is 0 Å². The average molecular weight is 627 g/mol. The summed E-state index contributed by atoms with van der Waals surface area (Å²) in [5.74, 6) is 0. The number of urea groups is 1. The van der Waals surface area contributed by atoms with Crippen molar-refractivity contribution in [2.75, 3.05) is 39.3 Å². The Morgan fingerprint density at radius 3 is 2.21 bits per heavy atom. The maximum Gasteiger partial charge on any atom is 0.341 e. The zero-order chi connectivity index (χ0) is 31.8. The Hall–Kier alpha value is -1.37. The first-order chi connectivity index (χ1) is 20.4. The fourth-order valence-corrected chi connectivity index (χ4v) is 5.43. The molecule has 19 nitrogen and oxygen atoms in total. The Labute approximate surface area is 249 Å². The fourth-order valence-electron chi connectivity index (χ4n) is 5.43. The van der Waals surface area contributed by atoms with Crippen LogP contribution in [0.5, 0.6) is 0 Å². The zero-order valence-corrected chi connectivity index (χ0v) is 24.0. The molecule has 252 valence electrons. The second-order valence-electron chi connectivity index (χ2n) is 11.2. The van der Waals surface area contributed by atoms with E-state index in [1.807, 2.05) is 0 Å². The predicted molar refractivity (Wildman–Crippen MR) is 148 cm³/mol. The molecule has 2 amide bonds. The number of hydrogen-bond acceptors (Lipinski definition) is 17. The molecule has 2 heterocycles. The van der Waals surface area contributed by atoms with Crippen LogP contribution in [0, 0.1) is 0 Å². The van der Waals surface area contributed by atoms with Crippen molar-refractivity contribution in [1.29, 1.82) is 0 Å². The summed E-state index contributed by atoms with van der Waals surface area (Å²) in [6.45, 7) is 0.543. The summed E-state index contributed by atoms with van der Waals surface area (Å²) in [6, 6.07) is -4.98. The Morgan fingerprint density at radius 2 is 1.56 bits per heavy atom. The van der Waals surface area contributed by atoms with Crippen molar-refractivity contribution >= 4 is 6.03 Å². The predicted octanol–water partition coefficient (Wildman–Crippen LogP) is -6.92. The molecule has 0 aromatic carbocycles. The molecule has 0 aromatic heterocycles. The first kappa shape index (κ1) is 36.1. The number of amides is 2. The number of carbonyl (C=O) groups excluding carboxylic acids is 1. The normalized spacial score (nSPS) is 42.0. The summed E-state index contributed by atoms with van der Waals surface area (Å²) >= 11 is 0. The summed E-state index contributed by atoms with van der Waals surface area (Å²) in [5.41, 5.74) is 29.4. The van der Waals surface area contributed by atoms with Crippen LogP contribution in [0.15, 0.2) is 0 Å². The van der Waals surface area contributed by atoms with Crippen LogP contribution in [0.2, 0.25) is 0 Å². The smallest absolute Gasteiger partial charge is 0.341 e. The lowest BCUT2D eigenvalue weighted by atomic mass is 9.83. The third-order valence-electron chi connectivity index (χ3n) is 7.93. The van der Waals surface area contributed by atoms with E-state index >= 15 is 0 Å². The Balaban J connectivity index is 1.79. The molecule has 0 radical (unpaired) electrons. The molecule has 1 unspecified atom stereocenters. The number of carbonyl (C=O) groups is 1. The van der Waals surface area contributed by atoms with Gasteiger partial charge in [0, 0.05) is 19.1 Å². The van der Waals surface area contributed by atoms with E-state index in [0.717, 1.165) is 6.42 Å². The van der Waals surface area contributed by atoms with Crippen molar-refractivity contribution in [3.63, 3.8) is 0 Å². The minimum atomic E-state index is -1.59. The first-order valence-electron chi connectivity index (χ1n) is 14.5. The zero-order valence-electron chi connectivity index (χ0n) is 24.0. The van der Waals surface area contributed by atoms with Gasteiger partial charge in [0.1, 0.15) is 36.6 Å². The van der Waals surface area contributed by atoms with Gasteiger partial charge in [0.05, 0.1) is 43.5 Å². The van der Waals surface area contributed by atoms with Crippen molar-refractivity contribution in [2.24, 2.45) is 28.7 Å². The SMILES string of the molecule is NCCCNC[C@H]1O[C@H](OC2[C@@H](N)C[C@@H](NC(=O)N(O)CCN)[C@H](O[C@H]3O[C@H](CO)[C@@H](O)[C@H](N)[C@H]3O)[C@H]2O)[C@H](N)C[C@@H]1O. The number of rotatable bonds is 13. The monoisotopic (exact) mass is 626 g/mol. The largest absolute Gasteiger partial charge is 0.394 e. The highest BCUT2D eigenvalue weighted by atomic mass is 16.7. The van der Waals surface area contributed by atoms with Crippen LogP contribution in [0.1, 0.15) is 19.3 Å². The topological polar surface area (TPSA) is 333 Å². The van der Waals surface area contributed by atoms with Gasteiger partial charge in [0.15, 0.2) is 12.6 Å². The van der Waals surface area contributed by atoms with Crippen LogP contribution in [-0.2, 0) is 18.9 Å².